The average Bonchev–Trinajstić information content (AvgIpc) is 3.85. The van der Waals surface area contributed by atoms with E-state index >= 15 is 0 Å². The van der Waals surface area contributed by atoms with Gasteiger partial charge in [-0.25, -0.2) is 9.59 Å². The first-order valence-corrected chi connectivity index (χ1v) is 18.9. The normalized spacial score (nSPS) is 19.8. The molecule has 2 bridgehead atoms. The number of hydrogen-bond donors (Lipinski definition) is 6. The Morgan fingerprint density at radius 2 is 1.54 bits per heavy atom. The van der Waals surface area contributed by atoms with Gasteiger partial charge in [-0.1, -0.05) is 29.8 Å². The lowest BCUT2D eigenvalue weighted by Gasteiger charge is -2.35. The van der Waals surface area contributed by atoms with Crippen molar-refractivity contribution >= 4 is 73.6 Å². The van der Waals surface area contributed by atoms with Gasteiger partial charge in [-0.2, -0.15) is 4.37 Å². The molecular weight excluding hydrogens is 734 g/mol. The number of piperidine rings is 1. The third-order valence-corrected chi connectivity index (χ3v) is 11.5. The van der Waals surface area contributed by atoms with Crippen LogP contribution >= 0.6 is 23.1 Å². The Kier molecular flexibility index (Phi) is 11.3. The lowest BCUT2D eigenvalue weighted by atomic mass is 9.98. The maximum absolute atomic E-state index is 11.6. The second-order valence-electron chi connectivity index (χ2n) is 13.8. The SMILES string of the molecule is O=C(O)[C@H](O)[C@@H](O)C(=O)O.O=C1Cc2cc(CCN3CCN(c4nsc5ccccc45)CC3)c(Cl)cc2N1.c1cnc2cc3c(cc2n1)[C@@H]1CNC[C@H]3C1. The van der Waals surface area contributed by atoms with Crippen LogP contribution in [0.25, 0.3) is 21.1 Å². The second kappa shape index (κ2) is 16.3. The Bertz CT molecular complexity index is 2130. The van der Waals surface area contributed by atoms with Crippen LogP contribution in [0.4, 0.5) is 11.5 Å². The van der Waals surface area contributed by atoms with E-state index in [1.807, 2.05) is 6.07 Å². The lowest BCUT2D eigenvalue weighted by Crippen LogP contribution is -2.47. The number of aliphatic hydroxyl groups excluding tert-OH is 2. The number of piperazine rings is 1. The molecule has 1 amide bonds. The van der Waals surface area contributed by atoms with Gasteiger partial charge in [-0.15, -0.1) is 0 Å². The number of amides is 1. The molecule has 0 unspecified atom stereocenters. The van der Waals surface area contributed by atoms with E-state index in [1.165, 1.54) is 27.6 Å². The standard InChI is InChI=1S/C21H21ClN4OS.C13H13N3.C4H6O6/c22-17-13-18-15(12-20(27)23-18)11-14(17)5-6-25-7-9-26(10-8-25)21-16-3-1-2-4-19(16)28-24-21;1-2-16-13-5-11-9-3-8(6-14-7-9)10(11)4-12(13)15-1;5-1(3(7)8)2(6)4(9)10/h1-4,11,13H,5-10,12H2,(H,23,27);1-2,4-5,8-9,14H,3,6-7H2;1-2,5-6H,(H,7,8)(H,9,10)/t;8-,9+;1-,2-/m..1/s1. The van der Waals surface area contributed by atoms with Gasteiger partial charge in [-0.3, -0.25) is 19.7 Å². The fraction of sp³-hybridized carbons (Fsp3) is 0.368. The van der Waals surface area contributed by atoms with E-state index in [-0.39, 0.29) is 5.91 Å². The minimum absolute atomic E-state index is 0.0499. The summed E-state index contributed by atoms with van der Waals surface area (Å²) in [6.07, 6.45) is 1.68. The van der Waals surface area contributed by atoms with Gasteiger partial charge in [0.1, 0.15) is 5.82 Å². The summed E-state index contributed by atoms with van der Waals surface area (Å²) in [6, 6.07) is 16.9. The van der Waals surface area contributed by atoms with E-state index in [4.69, 9.17) is 32.0 Å². The number of carbonyl (C=O) groups excluding carboxylic acids is 1. The van der Waals surface area contributed by atoms with Gasteiger partial charge in [0.2, 0.25) is 5.91 Å². The van der Waals surface area contributed by atoms with E-state index in [0.29, 0.717) is 18.3 Å². The molecule has 1 aliphatic carbocycles. The fourth-order valence-corrected chi connectivity index (χ4v) is 8.54. The number of hydrogen-bond acceptors (Lipinski definition) is 12. The van der Waals surface area contributed by atoms with Crippen LogP contribution in [-0.2, 0) is 27.2 Å². The van der Waals surface area contributed by atoms with Crippen molar-refractivity contribution < 1.29 is 34.8 Å². The molecule has 4 atom stereocenters. The van der Waals surface area contributed by atoms with Crippen molar-refractivity contribution in [3.05, 3.63) is 88.2 Å². The molecule has 3 aliphatic heterocycles. The Morgan fingerprint density at radius 3 is 2.17 bits per heavy atom. The van der Waals surface area contributed by atoms with Crippen LogP contribution in [-0.4, -0.2) is 116 Å². The van der Waals surface area contributed by atoms with E-state index < -0.39 is 24.1 Å². The van der Waals surface area contributed by atoms with Crippen LogP contribution in [0.5, 0.6) is 0 Å². The van der Waals surface area contributed by atoms with Crippen molar-refractivity contribution in [2.45, 2.75) is 43.3 Å². The van der Waals surface area contributed by atoms with Gasteiger partial charge < -0.3 is 36.0 Å². The minimum Gasteiger partial charge on any atom is -0.479 e. The second-order valence-corrected chi connectivity index (χ2v) is 15.0. The topological polar surface area (TPSA) is 201 Å². The summed E-state index contributed by atoms with van der Waals surface area (Å²) >= 11 is 8.01. The highest BCUT2D eigenvalue weighted by Crippen LogP contribution is 2.44. The number of nitrogens with zero attached hydrogens (tertiary/aromatic N) is 5. The summed E-state index contributed by atoms with van der Waals surface area (Å²) in [7, 11) is 0. The maximum atomic E-state index is 11.6. The number of carbonyl (C=O) groups is 3. The molecule has 3 aromatic carbocycles. The third kappa shape index (κ3) is 8.16. The van der Waals surface area contributed by atoms with Crippen LogP contribution < -0.4 is 15.5 Å². The molecule has 4 aliphatic rings. The molecule has 6 N–H and O–H groups in total. The summed E-state index contributed by atoms with van der Waals surface area (Å²) in [5, 5.41) is 40.9. The molecule has 282 valence electrons. The maximum Gasteiger partial charge on any atom is 0.335 e. The number of rotatable bonds is 7. The van der Waals surface area contributed by atoms with E-state index in [1.54, 1.807) is 23.9 Å². The number of aliphatic carboxylic acids is 2. The average molecular weight is 774 g/mol. The van der Waals surface area contributed by atoms with Crippen LogP contribution in [0.15, 0.2) is 60.9 Å². The van der Waals surface area contributed by atoms with Gasteiger partial charge in [-0.05, 0) is 88.8 Å². The zero-order valence-corrected chi connectivity index (χ0v) is 30.8. The number of halogens is 1. The number of nitrogens with one attached hydrogen (secondary N) is 2. The Morgan fingerprint density at radius 1 is 0.907 bits per heavy atom. The van der Waals surface area contributed by atoms with Crippen molar-refractivity contribution in [1.29, 1.82) is 0 Å². The molecule has 2 aromatic heterocycles. The lowest BCUT2D eigenvalue weighted by molar-refractivity contribution is -0.165. The van der Waals surface area contributed by atoms with Gasteiger partial charge in [0.25, 0.3) is 0 Å². The van der Waals surface area contributed by atoms with Gasteiger partial charge in [0, 0.05) is 74.3 Å². The molecule has 0 spiro atoms. The third-order valence-electron chi connectivity index (χ3n) is 10.3. The Balaban J connectivity index is 0.000000145. The van der Waals surface area contributed by atoms with E-state index in [9.17, 15) is 14.4 Å². The summed E-state index contributed by atoms with van der Waals surface area (Å²) in [5.74, 6) is -0.974. The zero-order valence-electron chi connectivity index (χ0n) is 29.2. The molecule has 5 heterocycles. The number of aromatic nitrogens is 3. The van der Waals surface area contributed by atoms with E-state index in [0.717, 1.165) is 90.9 Å². The van der Waals surface area contributed by atoms with Crippen molar-refractivity contribution in [1.82, 2.24) is 24.6 Å². The first kappa shape index (κ1) is 37.5. The molecule has 2 saturated heterocycles. The van der Waals surface area contributed by atoms with Crippen LogP contribution in [0.2, 0.25) is 5.02 Å². The number of carboxylic acids is 2. The van der Waals surface area contributed by atoms with Gasteiger partial charge in [0.05, 0.1) is 22.2 Å². The van der Waals surface area contributed by atoms with Crippen molar-refractivity contribution in [3.8, 4) is 0 Å². The Labute approximate surface area is 319 Å². The fourth-order valence-electron chi connectivity index (χ4n) is 7.49. The predicted molar refractivity (Wildman–Crippen MR) is 206 cm³/mol. The molecular formula is C38H40ClN7O7S. The summed E-state index contributed by atoms with van der Waals surface area (Å²) < 4.78 is 5.94. The highest BCUT2D eigenvalue weighted by atomic mass is 35.5. The van der Waals surface area contributed by atoms with Gasteiger partial charge in [0.15, 0.2) is 12.2 Å². The number of fused-ring (bicyclic) bond motifs is 8. The largest absolute Gasteiger partial charge is 0.479 e. The van der Waals surface area contributed by atoms with E-state index in [2.05, 4.69) is 77.2 Å². The first-order valence-electron chi connectivity index (χ1n) is 17.8. The van der Waals surface area contributed by atoms with Crippen LogP contribution in [0, 0.1) is 0 Å². The monoisotopic (exact) mass is 773 g/mol. The molecule has 54 heavy (non-hydrogen) atoms. The summed E-state index contributed by atoms with van der Waals surface area (Å²) in [6.45, 7) is 7.24. The van der Waals surface area contributed by atoms with Crippen LogP contribution in [0.1, 0.15) is 40.5 Å². The summed E-state index contributed by atoms with van der Waals surface area (Å²) in [4.78, 5) is 44.8. The number of anilines is 2. The molecule has 0 radical (unpaired) electrons. The molecule has 0 saturated carbocycles. The van der Waals surface area contributed by atoms with Crippen molar-refractivity contribution in [2.24, 2.45) is 0 Å². The van der Waals surface area contributed by atoms with Gasteiger partial charge >= 0.3 is 11.9 Å². The molecule has 9 rings (SSSR count). The number of carboxylic acid groups (broad SMARTS) is 2. The van der Waals surface area contributed by atoms with Crippen molar-refractivity contribution in [3.63, 3.8) is 0 Å². The zero-order chi connectivity index (χ0) is 37.9. The first-order chi connectivity index (χ1) is 26.0. The molecule has 5 aromatic rings. The molecule has 2 fully saturated rings. The Hall–Kier alpha value is -4.77. The predicted octanol–water partition coefficient (Wildman–Crippen LogP) is 3.49. The van der Waals surface area contributed by atoms with Crippen LogP contribution in [0.3, 0.4) is 0 Å². The quantitative estimate of drug-likeness (QED) is 0.141. The minimum atomic E-state index is -2.27. The highest BCUT2D eigenvalue weighted by Gasteiger charge is 2.34. The number of aliphatic hydroxyl groups is 2. The smallest absolute Gasteiger partial charge is 0.335 e. The summed E-state index contributed by atoms with van der Waals surface area (Å²) in [5.41, 5.74) is 8.13. The molecule has 16 heteroatoms. The highest BCUT2D eigenvalue weighted by molar-refractivity contribution is 7.13. The number of benzene rings is 3. The van der Waals surface area contributed by atoms with Crippen molar-refractivity contribution in [2.75, 3.05) is 56.0 Å². The molecule has 14 nitrogen and oxygen atoms in total.